The fourth-order valence-corrected chi connectivity index (χ4v) is 2.86. The SMILES string of the molecule is Cc1cc(C(=O)NNC(=O)c2cc(-c3ccccc3)n[nH]2)nn1-c1ccccc1. The number of rotatable bonds is 4. The highest BCUT2D eigenvalue weighted by Gasteiger charge is 2.16. The largest absolute Gasteiger partial charge is 0.290 e. The maximum absolute atomic E-state index is 12.4. The lowest BCUT2D eigenvalue weighted by Crippen LogP contribution is -2.42. The molecule has 8 nitrogen and oxygen atoms in total. The number of carbonyl (C=O) groups is 2. The summed E-state index contributed by atoms with van der Waals surface area (Å²) in [6.07, 6.45) is 0. The van der Waals surface area contributed by atoms with Crippen molar-refractivity contribution in [3.63, 3.8) is 0 Å². The Morgan fingerprint density at radius 1 is 0.897 bits per heavy atom. The molecule has 2 aromatic heterocycles. The molecule has 2 amide bonds. The molecular weight excluding hydrogens is 368 g/mol. The van der Waals surface area contributed by atoms with E-state index in [1.54, 1.807) is 16.8 Å². The van der Waals surface area contributed by atoms with Gasteiger partial charge in [0.25, 0.3) is 11.8 Å². The average molecular weight is 386 g/mol. The molecule has 0 fully saturated rings. The van der Waals surface area contributed by atoms with Gasteiger partial charge in [0, 0.05) is 11.3 Å². The van der Waals surface area contributed by atoms with Crippen molar-refractivity contribution in [2.75, 3.05) is 0 Å². The zero-order valence-corrected chi connectivity index (χ0v) is 15.6. The number of H-pyrrole nitrogens is 1. The van der Waals surface area contributed by atoms with Crippen LogP contribution in [0.3, 0.4) is 0 Å². The number of amides is 2. The minimum Gasteiger partial charge on any atom is -0.272 e. The van der Waals surface area contributed by atoms with Gasteiger partial charge < -0.3 is 0 Å². The number of nitrogens with zero attached hydrogens (tertiary/aromatic N) is 3. The molecule has 0 aliphatic carbocycles. The van der Waals surface area contributed by atoms with Crippen LogP contribution in [0.4, 0.5) is 0 Å². The molecule has 144 valence electrons. The van der Waals surface area contributed by atoms with Gasteiger partial charge in [-0.05, 0) is 31.2 Å². The number of aromatic amines is 1. The highest BCUT2D eigenvalue weighted by molar-refractivity contribution is 5.97. The van der Waals surface area contributed by atoms with E-state index in [2.05, 4.69) is 26.1 Å². The first-order valence-corrected chi connectivity index (χ1v) is 8.95. The highest BCUT2D eigenvalue weighted by Crippen LogP contribution is 2.16. The number of nitrogens with one attached hydrogen (secondary N) is 3. The fourth-order valence-electron chi connectivity index (χ4n) is 2.86. The van der Waals surface area contributed by atoms with Crippen LogP contribution in [-0.2, 0) is 0 Å². The van der Waals surface area contributed by atoms with E-state index in [0.29, 0.717) is 5.69 Å². The summed E-state index contributed by atoms with van der Waals surface area (Å²) in [5.74, 6) is -1.02. The first-order chi connectivity index (χ1) is 14.1. The van der Waals surface area contributed by atoms with Crippen molar-refractivity contribution in [2.45, 2.75) is 6.92 Å². The average Bonchev–Trinajstić information content (AvgIpc) is 3.40. The summed E-state index contributed by atoms with van der Waals surface area (Å²) in [5.41, 5.74) is 8.34. The van der Waals surface area contributed by atoms with Gasteiger partial charge in [-0.2, -0.15) is 10.2 Å². The van der Waals surface area contributed by atoms with Crippen LogP contribution in [0.25, 0.3) is 16.9 Å². The van der Waals surface area contributed by atoms with Gasteiger partial charge in [0.15, 0.2) is 5.69 Å². The monoisotopic (exact) mass is 386 g/mol. The maximum atomic E-state index is 12.4. The van der Waals surface area contributed by atoms with Gasteiger partial charge in [-0.1, -0.05) is 48.5 Å². The second kappa shape index (κ2) is 7.81. The molecule has 3 N–H and O–H groups in total. The van der Waals surface area contributed by atoms with E-state index in [4.69, 9.17) is 0 Å². The van der Waals surface area contributed by atoms with Gasteiger partial charge in [-0.25, -0.2) is 4.68 Å². The van der Waals surface area contributed by atoms with Gasteiger partial charge in [0.05, 0.1) is 11.4 Å². The van der Waals surface area contributed by atoms with E-state index in [1.807, 2.05) is 67.6 Å². The van der Waals surface area contributed by atoms with Crippen LogP contribution >= 0.6 is 0 Å². The zero-order valence-electron chi connectivity index (χ0n) is 15.6. The summed E-state index contributed by atoms with van der Waals surface area (Å²) < 4.78 is 1.66. The molecule has 0 aliphatic rings. The normalized spacial score (nSPS) is 10.5. The molecule has 0 radical (unpaired) electrons. The lowest BCUT2D eigenvalue weighted by Gasteiger charge is -2.04. The maximum Gasteiger partial charge on any atom is 0.290 e. The molecular formula is C21H18N6O2. The molecule has 0 saturated carbocycles. The predicted octanol–water partition coefficient (Wildman–Crippen LogP) is 2.65. The van der Waals surface area contributed by atoms with Crippen LogP contribution in [0.2, 0.25) is 0 Å². The minimum absolute atomic E-state index is 0.196. The Balaban J connectivity index is 1.41. The van der Waals surface area contributed by atoms with Crippen LogP contribution in [0, 0.1) is 6.92 Å². The first-order valence-electron chi connectivity index (χ1n) is 8.95. The molecule has 0 aliphatic heterocycles. The molecule has 29 heavy (non-hydrogen) atoms. The molecule has 0 bridgehead atoms. The van der Waals surface area contributed by atoms with Crippen molar-refractivity contribution in [3.8, 4) is 16.9 Å². The molecule has 0 saturated heterocycles. The van der Waals surface area contributed by atoms with Crippen LogP contribution < -0.4 is 10.9 Å². The van der Waals surface area contributed by atoms with Crippen molar-refractivity contribution in [1.29, 1.82) is 0 Å². The summed E-state index contributed by atoms with van der Waals surface area (Å²) in [4.78, 5) is 24.7. The third-order valence-electron chi connectivity index (χ3n) is 4.30. The van der Waals surface area contributed by atoms with E-state index in [0.717, 1.165) is 16.9 Å². The summed E-state index contributed by atoms with van der Waals surface area (Å²) in [5, 5.41) is 11.1. The number of aromatic nitrogens is 4. The van der Waals surface area contributed by atoms with Gasteiger partial charge >= 0.3 is 0 Å². The standard InChI is InChI=1S/C21H18N6O2/c1-14-12-19(26-27(14)16-10-6-3-7-11-16)21(29)25-24-20(28)18-13-17(22-23-18)15-8-4-2-5-9-15/h2-13H,1H3,(H,22,23)(H,24,28)(H,25,29). The predicted molar refractivity (Wildman–Crippen MR) is 107 cm³/mol. The van der Waals surface area contributed by atoms with E-state index >= 15 is 0 Å². The van der Waals surface area contributed by atoms with Crippen molar-refractivity contribution in [3.05, 3.63) is 89.9 Å². The Labute approximate surface area is 166 Å². The van der Waals surface area contributed by atoms with Gasteiger partial charge in [0.2, 0.25) is 0 Å². The van der Waals surface area contributed by atoms with Crippen molar-refractivity contribution in [1.82, 2.24) is 30.8 Å². The quantitative estimate of drug-likeness (QED) is 0.469. The van der Waals surface area contributed by atoms with Gasteiger partial charge in [0.1, 0.15) is 5.69 Å². The molecule has 8 heteroatoms. The Morgan fingerprint density at radius 3 is 2.28 bits per heavy atom. The highest BCUT2D eigenvalue weighted by atomic mass is 16.2. The first kappa shape index (κ1) is 18.2. The Morgan fingerprint density at radius 2 is 1.55 bits per heavy atom. The third kappa shape index (κ3) is 3.91. The number of hydrogen-bond donors (Lipinski definition) is 3. The topological polar surface area (TPSA) is 105 Å². The molecule has 2 heterocycles. The Hall–Kier alpha value is -4.20. The number of para-hydroxylation sites is 1. The van der Waals surface area contributed by atoms with Crippen molar-refractivity contribution >= 4 is 11.8 Å². The lowest BCUT2D eigenvalue weighted by atomic mass is 10.1. The summed E-state index contributed by atoms with van der Waals surface area (Å²) in [7, 11) is 0. The third-order valence-corrected chi connectivity index (χ3v) is 4.30. The molecule has 0 spiro atoms. The number of aryl methyl sites for hydroxylation is 1. The number of benzene rings is 2. The molecule has 4 aromatic rings. The van der Waals surface area contributed by atoms with Gasteiger partial charge in [-0.3, -0.25) is 25.5 Å². The van der Waals surface area contributed by atoms with Crippen LogP contribution in [-0.4, -0.2) is 31.8 Å². The van der Waals surface area contributed by atoms with E-state index in [9.17, 15) is 9.59 Å². The lowest BCUT2D eigenvalue weighted by molar-refractivity contribution is 0.0841. The van der Waals surface area contributed by atoms with Crippen LogP contribution in [0.5, 0.6) is 0 Å². The minimum atomic E-state index is -0.515. The smallest absolute Gasteiger partial charge is 0.272 e. The zero-order chi connectivity index (χ0) is 20.2. The van der Waals surface area contributed by atoms with Crippen molar-refractivity contribution in [2.24, 2.45) is 0 Å². The van der Waals surface area contributed by atoms with Gasteiger partial charge in [-0.15, -0.1) is 0 Å². The Bertz CT molecular complexity index is 1150. The molecule has 2 aromatic carbocycles. The van der Waals surface area contributed by atoms with E-state index in [1.165, 1.54) is 0 Å². The summed E-state index contributed by atoms with van der Waals surface area (Å²) >= 11 is 0. The van der Waals surface area contributed by atoms with Crippen LogP contribution in [0.1, 0.15) is 26.7 Å². The fraction of sp³-hybridized carbons (Fsp3) is 0.0476. The summed E-state index contributed by atoms with van der Waals surface area (Å²) in [6.45, 7) is 1.85. The second-order valence-corrected chi connectivity index (χ2v) is 6.36. The number of hydrazine groups is 1. The van der Waals surface area contributed by atoms with Crippen LogP contribution in [0.15, 0.2) is 72.8 Å². The molecule has 0 atom stereocenters. The number of carbonyl (C=O) groups excluding carboxylic acids is 2. The molecule has 0 unspecified atom stereocenters. The Kier molecular flexibility index (Phi) is 4.90. The van der Waals surface area contributed by atoms with E-state index in [-0.39, 0.29) is 11.4 Å². The van der Waals surface area contributed by atoms with E-state index < -0.39 is 11.8 Å². The molecule has 4 rings (SSSR count). The number of hydrogen-bond acceptors (Lipinski definition) is 4. The van der Waals surface area contributed by atoms with Crippen molar-refractivity contribution < 1.29 is 9.59 Å². The summed E-state index contributed by atoms with van der Waals surface area (Å²) in [6, 6.07) is 22.2. The second-order valence-electron chi connectivity index (χ2n) is 6.36.